The van der Waals surface area contributed by atoms with Gasteiger partial charge in [0.05, 0.1) is 4.92 Å². The highest BCUT2D eigenvalue weighted by atomic mass is 16.6. The van der Waals surface area contributed by atoms with Crippen LogP contribution in [-0.4, -0.2) is 35.5 Å². The standard InChI is InChI=1S/C20H27N5O2/c1-2-21-20(24-16-13-18-8-4-6-14-22-18)23-15-5-3-7-17-9-11-19(12-10-17)25(26)27/h4,6,8-12,14H,2-3,5,7,13,15-16H2,1H3,(H2,21,23,24). The lowest BCUT2D eigenvalue weighted by atomic mass is 10.1. The van der Waals surface area contributed by atoms with Gasteiger partial charge in [-0.3, -0.25) is 20.1 Å². The van der Waals surface area contributed by atoms with E-state index in [2.05, 4.69) is 20.6 Å². The van der Waals surface area contributed by atoms with Crippen molar-refractivity contribution >= 4 is 11.6 Å². The van der Waals surface area contributed by atoms with Gasteiger partial charge < -0.3 is 10.6 Å². The van der Waals surface area contributed by atoms with Crippen LogP contribution in [0.5, 0.6) is 0 Å². The van der Waals surface area contributed by atoms with Crippen molar-refractivity contribution in [3.05, 3.63) is 70.0 Å². The maximum Gasteiger partial charge on any atom is 0.269 e. The molecule has 0 amide bonds. The lowest BCUT2D eigenvalue weighted by molar-refractivity contribution is -0.384. The molecule has 0 aliphatic heterocycles. The van der Waals surface area contributed by atoms with Crippen LogP contribution in [0.3, 0.4) is 0 Å². The number of nitrogens with zero attached hydrogens (tertiary/aromatic N) is 3. The van der Waals surface area contributed by atoms with Crippen LogP contribution >= 0.6 is 0 Å². The van der Waals surface area contributed by atoms with E-state index in [1.54, 1.807) is 18.3 Å². The molecule has 0 radical (unpaired) electrons. The lowest BCUT2D eigenvalue weighted by Crippen LogP contribution is -2.38. The Balaban J connectivity index is 1.68. The van der Waals surface area contributed by atoms with Crippen LogP contribution in [0.25, 0.3) is 0 Å². The average molecular weight is 369 g/mol. The number of guanidine groups is 1. The van der Waals surface area contributed by atoms with Crippen LogP contribution in [0.15, 0.2) is 53.7 Å². The van der Waals surface area contributed by atoms with E-state index in [1.165, 1.54) is 0 Å². The molecule has 1 aromatic heterocycles. The number of pyridine rings is 1. The summed E-state index contributed by atoms with van der Waals surface area (Å²) in [6.07, 6.45) is 5.52. The van der Waals surface area contributed by atoms with Gasteiger partial charge in [0, 0.05) is 50.1 Å². The summed E-state index contributed by atoms with van der Waals surface area (Å²) in [5.41, 5.74) is 2.31. The number of aromatic nitrogens is 1. The molecular weight excluding hydrogens is 342 g/mol. The zero-order valence-electron chi connectivity index (χ0n) is 15.7. The first-order valence-corrected chi connectivity index (χ1v) is 9.34. The summed E-state index contributed by atoms with van der Waals surface area (Å²) >= 11 is 0. The minimum Gasteiger partial charge on any atom is -0.357 e. The van der Waals surface area contributed by atoms with Crippen LogP contribution in [0, 0.1) is 10.1 Å². The number of nitrogens with one attached hydrogen (secondary N) is 2. The van der Waals surface area contributed by atoms with Crippen LogP contribution in [0.1, 0.15) is 31.0 Å². The highest BCUT2D eigenvalue weighted by Gasteiger charge is 2.03. The van der Waals surface area contributed by atoms with Gasteiger partial charge in [-0.25, -0.2) is 0 Å². The Morgan fingerprint density at radius 1 is 1.11 bits per heavy atom. The molecule has 0 saturated heterocycles. The Bertz CT molecular complexity index is 717. The fourth-order valence-electron chi connectivity index (χ4n) is 2.61. The third kappa shape index (κ3) is 7.85. The monoisotopic (exact) mass is 369 g/mol. The molecule has 0 saturated carbocycles. The van der Waals surface area contributed by atoms with Crippen molar-refractivity contribution in [3.8, 4) is 0 Å². The lowest BCUT2D eigenvalue weighted by Gasteiger charge is -2.11. The van der Waals surface area contributed by atoms with E-state index in [1.807, 2.05) is 37.3 Å². The van der Waals surface area contributed by atoms with E-state index in [0.717, 1.165) is 62.5 Å². The second-order valence-corrected chi connectivity index (χ2v) is 6.14. The molecule has 2 N–H and O–H groups in total. The summed E-state index contributed by atoms with van der Waals surface area (Å²) in [6.45, 7) is 4.39. The molecule has 144 valence electrons. The maximum atomic E-state index is 10.7. The Morgan fingerprint density at radius 2 is 1.93 bits per heavy atom. The number of hydrogen-bond acceptors (Lipinski definition) is 4. The van der Waals surface area contributed by atoms with E-state index < -0.39 is 0 Å². The van der Waals surface area contributed by atoms with Crippen molar-refractivity contribution in [1.82, 2.24) is 15.6 Å². The van der Waals surface area contributed by atoms with Crippen LogP contribution in [-0.2, 0) is 12.8 Å². The summed E-state index contributed by atoms with van der Waals surface area (Å²) in [7, 11) is 0. The Kier molecular flexibility index (Phi) is 8.76. The maximum absolute atomic E-state index is 10.7. The number of benzene rings is 1. The highest BCUT2D eigenvalue weighted by molar-refractivity contribution is 5.79. The highest BCUT2D eigenvalue weighted by Crippen LogP contribution is 2.13. The fraction of sp³-hybridized carbons (Fsp3) is 0.400. The van der Waals surface area contributed by atoms with E-state index >= 15 is 0 Å². The summed E-state index contributed by atoms with van der Waals surface area (Å²) < 4.78 is 0. The molecule has 0 spiro atoms. The van der Waals surface area contributed by atoms with Gasteiger partial charge in [-0.05, 0) is 43.9 Å². The number of rotatable bonds is 10. The molecule has 2 rings (SSSR count). The number of nitro benzene ring substituents is 1. The normalized spacial score (nSPS) is 11.2. The summed E-state index contributed by atoms with van der Waals surface area (Å²) in [6, 6.07) is 12.7. The van der Waals surface area contributed by atoms with E-state index in [4.69, 9.17) is 0 Å². The van der Waals surface area contributed by atoms with Crippen molar-refractivity contribution in [2.45, 2.75) is 32.6 Å². The molecule has 7 nitrogen and oxygen atoms in total. The Labute approximate surface area is 160 Å². The van der Waals surface area contributed by atoms with E-state index in [-0.39, 0.29) is 10.6 Å². The van der Waals surface area contributed by atoms with Crippen LogP contribution in [0.4, 0.5) is 5.69 Å². The van der Waals surface area contributed by atoms with Gasteiger partial charge >= 0.3 is 0 Å². The van der Waals surface area contributed by atoms with Gasteiger partial charge in [-0.15, -0.1) is 0 Å². The minimum atomic E-state index is -0.373. The zero-order chi connectivity index (χ0) is 19.3. The molecule has 0 unspecified atom stereocenters. The Hall–Kier alpha value is -2.96. The SMILES string of the molecule is CCNC(=NCCCCc1ccc([N+](=O)[O-])cc1)NCCc1ccccn1. The molecule has 2 aromatic rings. The van der Waals surface area contributed by atoms with Crippen molar-refractivity contribution in [2.24, 2.45) is 4.99 Å². The van der Waals surface area contributed by atoms with Crippen LogP contribution < -0.4 is 10.6 Å². The van der Waals surface area contributed by atoms with Gasteiger partial charge in [0.2, 0.25) is 0 Å². The van der Waals surface area contributed by atoms with E-state index in [0.29, 0.717) is 0 Å². The van der Waals surface area contributed by atoms with Crippen molar-refractivity contribution in [2.75, 3.05) is 19.6 Å². The molecule has 27 heavy (non-hydrogen) atoms. The van der Waals surface area contributed by atoms with Crippen molar-refractivity contribution < 1.29 is 4.92 Å². The van der Waals surface area contributed by atoms with Crippen LogP contribution in [0.2, 0.25) is 0 Å². The average Bonchev–Trinajstić information content (AvgIpc) is 2.69. The first kappa shape index (κ1) is 20.4. The molecule has 1 heterocycles. The zero-order valence-corrected chi connectivity index (χ0v) is 15.7. The smallest absolute Gasteiger partial charge is 0.269 e. The second-order valence-electron chi connectivity index (χ2n) is 6.14. The minimum absolute atomic E-state index is 0.135. The van der Waals surface area contributed by atoms with Crippen molar-refractivity contribution in [1.29, 1.82) is 0 Å². The first-order valence-electron chi connectivity index (χ1n) is 9.34. The summed E-state index contributed by atoms with van der Waals surface area (Å²) in [4.78, 5) is 19.2. The molecule has 0 fully saturated rings. The number of unbranched alkanes of at least 4 members (excludes halogenated alkanes) is 1. The quantitative estimate of drug-likeness (QED) is 0.221. The molecule has 1 aromatic carbocycles. The molecule has 0 aliphatic rings. The van der Waals surface area contributed by atoms with E-state index in [9.17, 15) is 10.1 Å². The number of aliphatic imine (C=N–C) groups is 1. The van der Waals surface area contributed by atoms with Gasteiger partial charge in [0.25, 0.3) is 5.69 Å². The predicted molar refractivity (Wildman–Crippen MR) is 108 cm³/mol. The van der Waals surface area contributed by atoms with Gasteiger partial charge in [0.1, 0.15) is 0 Å². The van der Waals surface area contributed by atoms with Gasteiger partial charge in [-0.1, -0.05) is 18.2 Å². The topological polar surface area (TPSA) is 92.5 Å². The Morgan fingerprint density at radius 3 is 2.59 bits per heavy atom. The molecule has 0 atom stereocenters. The number of nitro groups is 1. The molecule has 0 bridgehead atoms. The van der Waals surface area contributed by atoms with Gasteiger partial charge in [0.15, 0.2) is 5.96 Å². The molecular formula is C20H27N5O2. The molecule has 7 heteroatoms. The third-order valence-corrected chi connectivity index (χ3v) is 4.03. The summed E-state index contributed by atoms with van der Waals surface area (Å²) in [5.74, 6) is 0.823. The molecule has 0 aliphatic carbocycles. The fourth-order valence-corrected chi connectivity index (χ4v) is 2.61. The second kappa shape index (κ2) is 11.6. The number of aryl methyl sites for hydroxylation is 1. The third-order valence-electron chi connectivity index (χ3n) is 4.03. The summed E-state index contributed by atoms with van der Waals surface area (Å²) in [5, 5.41) is 17.2. The number of non-ortho nitro benzene ring substituents is 1. The largest absolute Gasteiger partial charge is 0.357 e. The first-order chi connectivity index (χ1) is 13.2. The number of hydrogen-bond donors (Lipinski definition) is 2. The van der Waals surface area contributed by atoms with Gasteiger partial charge in [-0.2, -0.15) is 0 Å². The van der Waals surface area contributed by atoms with Crippen molar-refractivity contribution in [3.63, 3.8) is 0 Å². The predicted octanol–water partition coefficient (Wildman–Crippen LogP) is 3.11.